The number of ether oxygens (including phenoxy) is 1. The summed E-state index contributed by atoms with van der Waals surface area (Å²) >= 11 is 0. The Bertz CT molecular complexity index is 1120. The Labute approximate surface area is 182 Å². The van der Waals surface area contributed by atoms with E-state index in [4.69, 9.17) is 10.6 Å². The number of hydrogen-bond donors (Lipinski definition) is 2. The van der Waals surface area contributed by atoms with E-state index in [1.807, 2.05) is 18.2 Å². The fraction of sp³-hybridized carbons (Fsp3) is 0.360. The van der Waals surface area contributed by atoms with Crippen LogP contribution in [-0.4, -0.2) is 41.8 Å². The number of likely N-dealkylation sites (tertiary alicyclic amines) is 1. The molecule has 2 fully saturated rings. The maximum atomic E-state index is 13.5. The highest BCUT2D eigenvalue weighted by Crippen LogP contribution is 2.55. The predicted octanol–water partition coefficient (Wildman–Crippen LogP) is 3.65. The van der Waals surface area contributed by atoms with Gasteiger partial charge in [-0.05, 0) is 30.0 Å². The molecule has 6 heteroatoms. The monoisotopic (exact) mass is 416 g/mol. The number of methoxy groups -OCH3 is 1. The third-order valence-corrected chi connectivity index (χ3v) is 7.24. The summed E-state index contributed by atoms with van der Waals surface area (Å²) in [7, 11) is 1.49. The first-order chi connectivity index (χ1) is 15.2. The highest BCUT2D eigenvalue weighted by atomic mass is 16.5. The smallest absolute Gasteiger partial charge is 0.314 e. The van der Waals surface area contributed by atoms with Crippen molar-refractivity contribution in [3.8, 4) is 0 Å². The summed E-state index contributed by atoms with van der Waals surface area (Å²) in [5, 5.41) is 5.32. The minimum Gasteiger partial charge on any atom is -0.469 e. The molecular weight excluding hydrogens is 388 g/mol. The van der Waals surface area contributed by atoms with Gasteiger partial charge in [0, 0.05) is 54.3 Å². The Kier molecular flexibility index (Phi) is 5.02. The number of hydrogen-bond acceptors (Lipinski definition) is 5. The molecule has 1 saturated heterocycles. The number of para-hydroxylation sites is 1. The maximum Gasteiger partial charge on any atom is 0.314 e. The third-order valence-electron chi connectivity index (χ3n) is 7.24. The van der Waals surface area contributed by atoms with Crippen LogP contribution in [0.5, 0.6) is 0 Å². The van der Waals surface area contributed by atoms with Crippen LogP contribution in [-0.2, 0) is 16.1 Å². The van der Waals surface area contributed by atoms with Crippen LogP contribution >= 0.6 is 0 Å². The fourth-order valence-electron chi connectivity index (χ4n) is 5.92. The lowest BCUT2D eigenvalue weighted by Crippen LogP contribution is -2.50. The van der Waals surface area contributed by atoms with Gasteiger partial charge in [0.05, 0.1) is 12.5 Å². The lowest BCUT2D eigenvalue weighted by molar-refractivity contribution is -0.155. The summed E-state index contributed by atoms with van der Waals surface area (Å²) in [6, 6.07) is 18.7. The van der Waals surface area contributed by atoms with E-state index in [-0.39, 0.29) is 17.8 Å². The van der Waals surface area contributed by atoms with E-state index in [1.54, 1.807) is 0 Å². The van der Waals surface area contributed by atoms with Gasteiger partial charge in [-0.2, -0.15) is 5.10 Å². The van der Waals surface area contributed by atoms with E-state index < -0.39 is 5.41 Å². The highest BCUT2D eigenvalue weighted by Gasteiger charge is 2.61. The van der Waals surface area contributed by atoms with Crippen LogP contribution in [0.3, 0.4) is 0 Å². The Hall–Kier alpha value is -3.12. The summed E-state index contributed by atoms with van der Waals surface area (Å²) in [6.45, 7) is 2.16. The molecule has 1 saturated carbocycles. The number of H-pyrrole nitrogens is 1. The molecule has 0 radical (unpaired) electrons. The van der Waals surface area contributed by atoms with E-state index >= 15 is 0 Å². The van der Waals surface area contributed by atoms with Crippen LogP contribution in [0.2, 0.25) is 0 Å². The zero-order chi connectivity index (χ0) is 21.4. The Morgan fingerprint density at radius 2 is 1.97 bits per heavy atom. The van der Waals surface area contributed by atoms with Crippen LogP contribution in [0.1, 0.15) is 29.9 Å². The van der Waals surface area contributed by atoms with Crippen molar-refractivity contribution in [1.82, 2.24) is 9.88 Å². The first kappa shape index (κ1) is 19.8. The molecule has 160 valence electrons. The normalized spacial score (nSPS) is 27.5. The minimum atomic E-state index is -0.703. The predicted molar refractivity (Wildman–Crippen MR) is 122 cm³/mol. The second-order valence-corrected chi connectivity index (χ2v) is 8.74. The van der Waals surface area contributed by atoms with Crippen molar-refractivity contribution in [2.75, 3.05) is 20.2 Å². The molecule has 0 bridgehead atoms. The number of benzene rings is 2. The maximum absolute atomic E-state index is 13.5. The van der Waals surface area contributed by atoms with Crippen LogP contribution in [0.15, 0.2) is 65.9 Å². The molecule has 1 aromatic heterocycles. The second kappa shape index (κ2) is 7.85. The van der Waals surface area contributed by atoms with Crippen molar-refractivity contribution in [3.05, 3.63) is 71.9 Å². The third kappa shape index (κ3) is 3.13. The molecule has 0 spiro atoms. The zero-order valence-electron chi connectivity index (χ0n) is 17.8. The van der Waals surface area contributed by atoms with Gasteiger partial charge in [-0.1, -0.05) is 48.5 Å². The first-order valence-corrected chi connectivity index (χ1v) is 10.8. The van der Waals surface area contributed by atoms with E-state index in [9.17, 15) is 4.79 Å². The van der Waals surface area contributed by atoms with Crippen molar-refractivity contribution < 1.29 is 9.53 Å². The van der Waals surface area contributed by atoms with Gasteiger partial charge in [-0.15, -0.1) is 0 Å². The topological polar surface area (TPSA) is 83.7 Å². The molecule has 6 nitrogen and oxygen atoms in total. The van der Waals surface area contributed by atoms with Gasteiger partial charge < -0.3 is 15.6 Å². The summed E-state index contributed by atoms with van der Waals surface area (Å²) < 4.78 is 5.45. The number of hydrazone groups is 1. The molecule has 5 rings (SSSR count). The average molecular weight is 417 g/mol. The average Bonchev–Trinajstić information content (AvgIpc) is 3.41. The van der Waals surface area contributed by atoms with Gasteiger partial charge in [-0.3, -0.25) is 9.69 Å². The minimum absolute atomic E-state index is 0.0346. The molecule has 31 heavy (non-hydrogen) atoms. The Balaban J connectivity index is 1.60. The number of fused-ring (bicyclic) bond motifs is 2. The SMILES string of the molecule is COC(=O)C12CN(Cc3ccccc3)CC1C(=NN)CCC2c1c[nH]c2ccccc12. The van der Waals surface area contributed by atoms with Gasteiger partial charge >= 0.3 is 5.97 Å². The van der Waals surface area contributed by atoms with Crippen molar-refractivity contribution in [3.63, 3.8) is 0 Å². The molecule has 3 N–H and O–H groups in total. The van der Waals surface area contributed by atoms with Gasteiger partial charge in [-0.25, -0.2) is 0 Å². The van der Waals surface area contributed by atoms with E-state index in [1.165, 1.54) is 23.6 Å². The van der Waals surface area contributed by atoms with Crippen molar-refractivity contribution in [2.24, 2.45) is 22.3 Å². The zero-order valence-corrected chi connectivity index (χ0v) is 17.8. The van der Waals surface area contributed by atoms with Gasteiger partial charge in [0.15, 0.2) is 0 Å². The van der Waals surface area contributed by atoms with E-state index in [2.05, 4.69) is 57.6 Å². The van der Waals surface area contributed by atoms with Crippen LogP contribution in [0.4, 0.5) is 0 Å². The Morgan fingerprint density at radius 3 is 2.74 bits per heavy atom. The number of nitrogens with zero attached hydrogens (tertiary/aromatic N) is 2. The van der Waals surface area contributed by atoms with Crippen LogP contribution in [0, 0.1) is 11.3 Å². The van der Waals surface area contributed by atoms with Gasteiger partial charge in [0.2, 0.25) is 0 Å². The second-order valence-electron chi connectivity index (χ2n) is 8.74. The van der Waals surface area contributed by atoms with Gasteiger partial charge in [0.1, 0.15) is 0 Å². The fourth-order valence-corrected chi connectivity index (χ4v) is 5.92. The molecule has 3 unspecified atom stereocenters. The van der Waals surface area contributed by atoms with Crippen molar-refractivity contribution in [2.45, 2.75) is 25.3 Å². The summed E-state index contributed by atoms with van der Waals surface area (Å²) in [4.78, 5) is 19.3. The quantitative estimate of drug-likeness (QED) is 0.386. The summed E-state index contributed by atoms with van der Waals surface area (Å²) in [5.41, 5.74) is 3.73. The van der Waals surface area contributed by atoms with E-state index in [0.29, 0.717) is 6.54 Å². The molecule has 3 aromatic rings. The summed E-state index contributed by atoms with van der Waals surface area (Å²) in [6.07, 6.45) is 3.69. The molecule has 3 atom stereocenters. The standard InChI is InChI=1S/C25H28N4O2/c1-31-24(30)25-16-29(14-17-7-3-2-4-8-17)15-21(25)23(28-26)12-11-20(25)19-13-27-22-10-6-5-9-18(19)22/h2-10,13,20-21,27H,11-12,14-16,26H2,1H3. The highest BCUT2D eigenvalue weighted by molar-refractivity contribution is 5.97. The number of aromatic amines is 1. The number of esters is 1. The van der Waals surface area contributed by atoms with Gasteiger partial charge in [0.25, 0.3) is 0 Å². The largest absolute Gasteiger partial charge is 0.469 e. The number of nitrogens with two attached hydrogens (primary N) is 1. The van der Waals surface area contributed by atoms with Crippen LogP contribution < -0.4 is 5.84 Å². The first-order valence-electron chi connectivity index (χ1n) is 10.8. The number of rotatable bonds is 4. The molecule has 2 aromatic carbocycles. The van der Waals surface area contributed by atoms with Crippen molar-refractivity contribution >= 4 is 22.6 Å². The molecule has 2 heterocycles. The molecule has 1 aliphatic carbocycles. The molecular formula is C25H28N4O2. The number of carbonyl (C=O) groups is 1. The number of aromatic nitrogens is 1. The lowest BCUT2D eigenvalue weighted by atomic mass is 9.59. The van der Waals surface area contributed by atoms with Crippen LogP contribution in [0.25, 0.3) is 10.9 Å². The summed E-state index contributed by atoms with van der Waals surface area (Å²) in [5.74, 6) is 5.64. The van der Waals surface area contributed by atoms with E-state index in [0.717, 1.165) is 37.2 Å². The number of carbonyl (C=O) groups excluding carboxylic acids is 1. The molecule has 1 aliphatic heterocycles. The number of nitrogens with one attached hydrogen (secondary N) is 1. The molecule has 0 amide bonds. The lowest BCUT2D eigenvalue weighted by Gasteiger charge is -2.43. The molecule has 2 aliphatic rings. The van der Waals surface area contributed by atoms with Crippen molar-refractivity contribution in [1.29, 1.82) is 0 Å². The Morgan fingerprint density at radius 1 is 1.19 bits per heavy atom.